The largest absolute Gasteiger partial charge is 0.481 e. The number of ether oxygens (including phenoxy) is 1. The molecule has 1 aliphatic rings. The van der Waals surface area contributed by atoms with E-state index in [9.17, 15) is 14.4 Å². The van der Waals surface area contributed by atoms with Gasteiger partial charge in [0.05, 0.1) is 0 Å². The van der Waals surface area contributed by atoms with Gasteiger partial charge in [-0.2, -0.15) is 0 Å². The van der Waals surface area contributed by atoms with Gasteiger partial charge in [-0.25, -0.2) is 4.79 Å². The van der Waals surface area contributed by atoms with Gasteiger partial charge < -0.3 is 20.5 Å². The first-order valence-electron chi connectivity index (χ1n) is 10.9. The van der Waals surface area contributed by atoms with Crippen LogP contribution in [0.3, 0.4) is 0 Å². The predicted molar refractivity (Wildman–Crippen MR) is 121 cm³/mol. The van der Waals surface area contributed by atoms with Gasteiger partial charge in [0.2, 0.25) is 5.91 Å². The summed E-state index contributed by atoms with van der Waals surface area (Å²) in [6, 6.07) is 15.4. The molecule has 3 N–H and O–H groups in total. The van der Waals surface area contributed by atoms with Crippen LogP contribution in [0, 0.1) is 11.8 Å². The summed E-state index contributed by atoms with van der Waals surface area (Å²) in [6.07, 6.45) is -0.689. The monoisotopic (exact) mass is 438 g/mol. The van der Waals surface area contributed by atoms with Gasteiger partial charge in [0.1, 0.15) is 12.6 Å². The second kappa shape index (κ2) is 10.3. The third-order valence-electron chi connectivity index (χ3n) is 5.71. The Morgan fingerprint density at radius 1 is 0.969 bits per heavy atom. The molecule has 0 aromatic heterocycles. The molecule has 2 amide bonds. The molecule has 3 rings (SSSR count). The molecule has 2 aromatic rings. The number of carboxylic acid groups (broad SMARTS) is 1. The van der Waals surface area contributed by atoms with Crippen LogP contribution in [-0.4, -0.2) is 42.3 Å². The van der Waals surface area contributed by atoms with E-state index in [0.29, 0.717) is 0 Å². The number of hydrogen-bond acceptors (Lipinski definition) is 4. The number of hydrogen-bond donors (Lipinski definition) is 3. The number of carboxylic acids is 1. The molecule has 0 saturated heterocycles. The quantitative estimate of drug-likeness (QED) is 0.553. The van der Waals surface area contributed by atoms with Gasteiger partial charge in [0, 0.05) is 18.9 Å². The Bertz CT molecular complexity index is 942. The molecule has 0 saturated carbocycles. The molecule has 32 heavy (non-hydrogen) atoms. The zero-order valence-corrected chi connectivity index (χ0v) is 18.6. The summed E-state index contributed by atoms with van der Waals surface area (Å²) in [5.74, 6) is -1.70. The first kappa shape index (κ1) is 23.3. The molecule has 1 unspecified atom stereocenters. The molecule has 0 heterocycles. The number of benzene rings is 2. The Morgan fingerprint density at radius 2 is 1.53 bits per heavy atom. The molecule has 0 aliphatic heterocycles. The molecular weight excluding hydrogens is 408 g/mol. The lowest BCUT2D eigenvalue weighted by atomic mass is 9.98. The summed E-state index contributed by atoms with van der Waals surface area (Å²) in [7, 11) is 0. The maximum Gasteiger partial charge on any atom is 0.407 e. The lowest BCUT2D eigenvalue weighted by molar-refractivity contribution is -0.138. The summed E-state index contributed by atoms with van der Waals surface area (Å²) >= 11 is 0. The van der Waals surface area contributed by atoms with Crippen molar-refractivity contribution in [3.8, 4) is 11.1 Å². The van der Waals surface area contributed by atoms with Crippen molar-refractivity contribution in [3.63, 3.8) is 0 Å². The average molecular weight is 439 g/mol. The van der Waals surface area contributed by atoms with E-state index >= 15 is 0 Å². The molecule has 2 atom stereocenters. The second-order valence-electron chi connectivity index (χ2n) is 8.64. The standard InChI is InChI=1S/C25H30N2O5/c1-15(2)23(24(30)26-13-16(3)12-22(28)29)27-25(31)32-14-21-19-10-6-4-8-17(19)18-9-5-7-11-20(18)21/h4-11,15-16,21,23H,12-14H2,1-3H3,(H,26,30)(H,27,31)(H,28,29)/t16?,23-/m0/s1. The minimum atomic E-state index is -0.913. The van der Waals surface area contributed by atoms with Gasteiger partial charge in [0.25, 0.3) is 0 Å². The highest BCUT2D eigenvalue weighted by molar-refractivity contribution is 5.86. The van der Waals surface area contributed by atoms with Crippen molar-refractivity contribution in [3.05, 3.63) is 59.7 Å². The molecule has 170 valence electrons. The predicted octanol–water partition coefficient (Wildman–Crippen LogP) is 3.78. The molecular formula is C25H30N2O5. The average Bonchev–Trinajstić information content (AvgIpc) is 3.07. The van der Waals surface area contributed by atoms with Crippen molar-refractivity contribution in [2.24, 2.45) is 11.8 Å². The maximum absolute atomic E-state index is 12.6. The van der Waals surface area contributed by atoms with E-state index in [1.165, 1.54) is 0 Å². The van der Waals surface area contributed by atoms with Crippen LogP contribution < -0.4 is 10.6 Å². The third kappa shape index (κ3) is 5.46. The highest BCUT2D eigenvalue weighted by atomic mass is 16.5. The molecule has 2 aromatic carbocycles. The zero-order chi connectivity index (χ0) is 23.3. The van der Waals surface area contributed by atoms with Crippen molar-refractivity contribution in [1.82, 2.24) is 10.6 Å². The molecule has 0 bridgehead atoms. The number of alkyl carbamates (subject to hydrolysis) is 1. The number of amides is 2. The first-order chi connectivity index (χ1) is 15.3. The number of rotatable bonds is 9. The summed E-state index contributed by atoms with van der Waals surface area (Å²) in [5.41, 5.74) is 4.53. The lowest BCUT2D eigenvalue weighted by Gasteiger charge is -2.23. The van der Waals surface area contributed by atoms with Gasteiger partial charge in [-0.3, -0.25) is 9.59 Å². The Balaban J connectivity index is 1.59. The highest BCUT2D eigenvalue weighted by Crippen LogP contribution is 2.44. The van der Waals surface area contributed by atoms with Gasteiger partial charge in [0.15, 0.2) is 0 Å². The molecule has 7 nitrogen and oxygen atoms in total. The SMILES string of the molecule is CC(CNC(=O)[C@@H](NC(=O)OCC1c2ccccc2-c2ccccc21)C(C)C)CC(=O)O. The smallest absolute Gasteiger partial charge is 0.407 e. The number of nitrogens with one attached hydrogen (secondary N) is 2. The normalized spacial score (nSPS) is 14.2. The second-order valence-corrected chi connectivity index (χ2v) is 8.64. The summed E-state index contributed by atoms with van der Waals surface area (Å²) < 4.78 is 5.54. The number of carbonyl (C=O) groups is 3. The molecule has 0 spiro atoms. The Morgan fingerprint density at radius 3 is 2.06 bits per heavy atom. The van der Waals surface area contributed by atoms with Crippen molar-refractivity contribution < 1.29 is 24.2 Å². The summed E-state index contributed by atoms with van der Waals surface area (Å²) in [6.45, 7) is 5.80. The molecule has 0 radical (unpaired) electrons. The summed E-state index contributed by atoms with van der Waals surface area (Å²) in [4.78, 5) is 35.9. The fourth-order valence-electron chi connectivity index (χ4n) is 4.06. The minimum Gasteiger partial charge on any atom is -0.481 e. The van der Waals surface area contributed by atoms with Crippen molar-refractivity contribution in [2.45, 2.75) is 39.2 Å². The van der Waals surface area contributed by atoms with Crippen molar-refractivity contribution in [2.75, 3.05) is 13.2 Å². The van der Waals surface area contributed by atoms with Gasteiger partial charge in [-0.1, -0.05) is 69.3 Å². The first-order valence-corrected chi connectivity index (χ1v) is 10.9. The van der Waals surface area contributed by atoms with Crippen LogP contribution in [0.25, 0.3) is 11.1 Å². The van der Waals surface area contributed by atoms with Crippen LogP contribution in [0.5, 0.6) is 0 Å². The van der Waals surface area contributed by atoms with Gasteiger partial charge >= 0.3 is 12.1 Å². The fraction of sp³-hybridized carbons (Fsp3) is 0.400. The van der Waals surface area contributed by atoms with E-state index < -0.39 is 18.1 Å². The van der Waals surface area contributed by atoms with Gasteiger partial charge in [-0.15, -0.1) is 0 Å². The van der Waals surface area contributed by atoms with Crippen molar-refractivity contribution in [1.29, 1.82) is 0 Å². The van der Waals surface area contributed by atoms with E-state index in [0.717, 1.165) is 22.3 Å². The van der Waals surface area contributed by atoms with Crippen LogP contribution in [0.15, 0.2) is 48.5 Å². The molecule has 0 fully saturated rings. The van der Waals surface area contributed by atoms with Gasteiger partial charge in [-0.05, 0) is 34.1 Å². The highest BCUT2D eigenvalue weighted by Gasteiger charge is 2.30. The Labute approximate surface area is 188 Å². The van der Waals surface area contributed by atoms with E-state index in [1.54, 1.807) is 6.92 Å². The van der Waals surface area contributed by atoms with Crippen LogP contribution in [0.4, 0.5) is 4.79 Å². The molecule has 7 heteroatoms. The number of carbonyl (C=O) groups excluding carboxylic acids is 2. The van der Waals surface area contributed by atoms with Crippen LogP contribution >= 0.6 is 0 Å². The lowest BCUT2D eigenvalue weighted by Crippen LogP contribution is -2.50. The fourth-order valence-corrected chi connectivity index (χ4v) is 4.06. The minimum absolute atomic E-state index is 0.0353. The van der Waals surface area contributed by atoms with Crippen molar-refractivity contribution >= 4 is 18.0 Å². The number of aliphatic carboxylic acids is 1. The Hall–Kier alpha value is -3.35. The van der Waals surface area contributed by atoms with Crippen LogP contribution in [0.2, 0.25) is 0 Å². The summed E-state index contributed by atoms with van der Waals surface area (Å²) in [5, 5.41) is 14.2. The maximum atomic E-state index is 12.6. The van der Waals surface area contributed by atoms with E-state index in [-0.39, 0.29) is 43.2 Å². The third-order valence-corrected chi connectivity index (χ3v) is 5.71. The van der Waals surface area contributed by atoms with E-state index in [1.807, 2.05) is 50.2 Å². The number of fused-ring (bicyclic) bond motifs is 3. The topological polar surface area (TPSA) is 105 Å². The van der Waals surface area contributed by atoms with E-state index in [2.05, 4.69) is 22.8 Å². The Kier molecular flexibility index (Phi) is 7.51. The van der Waals surface area contributed by atoms with E-state index in [4.69, 9.17) is 9.84 Å². The zero-order valence-electron chi connectivity index (χ0n) is 18.6. The molecule has 1 aliphatic carbocycles. The van der Waals surface area contributed by atoms with Crippen LogP contribution in [-0.2, 0) is 14.3 Å². The van der Waals surface area contributed by atoms with Crippen LogP contribution in [0.1, 0.15) is 44.2 Å².